The van der Waals surface area contributed by atoms with Crippen molar-refractivity contribution in [2.24, 2.45) is 0 Å². The molecule has 0 bridgehead atoms. The molecule has 1 rings (SSSR count). The van der Waals surface area contributed by atoms with Crippen molar-refractivity contribution in [2.75, 3.05) is 0 Å². The Morgan fingerprint density at radius 3 is 2.54 bits per heavy atom. The van der Waals surface area contributed by atoms with Crippen molar-refractivity contribution >= 4 is 27.5 Å². The van der Waals surface area contributed by atoms with Crippen molar-refractivity contribution < 1.29 is 4.74 Å². The van der Waals surface area contributed by atoms with Crippen LogP contribution < -0.4 is 4.74 Å². The van der Waals surface area contributed by atoms with E-state index in [1.165, 1.54) is 0 Å². The molecule has 0 fully saturated rings. The van der Waals surface area contributed by atoms with Crippen LogP contribution in [0.1, 0.15) is 19.4 Å². The van der Waals surface area contributed by atoms with Gasteiger partial charge in [-0.15, -0.1) is 0 Å². The first-order valence-electron chi connectivity index (χ1n) is 4.13. The SMILES string of the molecule is Cc1c(OC(C)C)ccc(Br)c1Cl. The number of halogens is 2. The second-order valence-electron chi connectivity index (χ2n) is 3.15. The molecule has 0 atom stereocenters. The number of hydrogen-bond donors (Lipinski definition) is 0. The van der Waals surface area contributed by atoms with Crippen molar-refractivity contribution in [1.82, 2.24) is 0 Å². The molecule has 0 radical (unpaired) electrons. The van der Waals surface area contributed by atoms with E-state index in [0.29, 0.717) is 0 Å². The second kappa shape index (κ2) is 4.34. The van der Waals surface area contributed by atoms with E-state index >= 15 is 0 Å². The Kier molecular flexibility index (Phi) is 3.63. The predicted octanol–water partition coefficient (Wildman–Crippen LogP) is 4.20. The van der Waals surface area contributed by atoms with Crippen LogP contribution in [0.3, 0.4) is 0 Å². The van der Waals surface area contributed by atoms with E-state index in [2.05, 4.69) is 15.9 Å². The first-order chi connectivity index (χ1) is 6.02. The van der Waals surface area contributed by atoms with Crippen LogP contribution in [-0.2, 0) is 0 Å². The molecule has 0 aliphatic rings. The normalized spacial score (nSPS) is 10.6. The van der Waals surface area contributed by atoms with Gasteiger partial charge in [0.05, 0.1) is 11.1 Å². The maximum atomic E-state index is 6.04. The summed E-state index contributed by atoms with van der Waals surface area (Å²) in [5.41, 5.74) is 0.977. The summed E-state index contributed by atoms with van der Waals surface area (Å²) in [6.07, 6.45) is 0.177. The van der Waals surface area contributed by atoms with Crippen molar-refractivity contribution in [3.8, 4) is 5.75 Å². The summed E-state index contributed by atoms with van der Waals surface area (Å²) < 4.78 is 6.48. The molecular weight excluding hydrogens is 251 g/mol. The van der Waals surface area contributed by atoms with Gasteiger partial charge in [-0.05, 0) is 48.8 Å². The minimum Gasteiger partial charge on any atom is -0.491 e. The van der Waals surface area contributed by atoms with Crippen LogP contribution in [0.4, 0.5) is 0 Å². The van der Waals surface area contributed by atoms with Crippen LogP contribution in [0.25, 0.3) is 0 Å². The minimum absolute atomic E-state index is 0.177. The third-order valence-corrected chi connectivity index (χ3v) is 3.03. The Hall–Kier alpha value is -0.210. The summed E-state index contributed by atoms with van der Waals surface area (Å²) in [6.45, 7) is 5.94. The zero-order valence-electron chi connectivity index (χ0n) is 7.90. The zero-order chi connectivity index (χ0) is 10.0. The molecule has 0 unspecified atom stereocenters. The fourth-order valence-electron chi connectivity index (χ4n) is 1.02. The van der Waals surface area contributed by atoms with Crippen molar-refractivity contribution in [2.45, 2.75) is 26.9 Å². The van der Waals surface area contributed by atoms with E-state index in [1.54, 1.807) is 0 Å². The van der Waals surface area contributed by atoms with Gasteiger partial charge in [0.25, 0.3) is 0 Å². The van der Waals surface area contributed by atoms with Gasteiger partial charge < -0.3 is 4.74 Å². The highest BCUT2D eigenvalue weighted by Gasteiger charge is 2.07. The third kappa shape index (κ3) is 2.61. The number of rotatable bonds is 2. The molecule has 0 N–H and O–H groups in total. The highest BCUT2D eigenvalue weighted by Crippen LogP contribution is 2.32. The summed E-state index contributed by atoms with van der Waals surface area (Å²) in [5, 5.41) is 0.721. The van der Waals surface area contributed by atoms with E-state index in [-0.39, 0.29) is 6.10 Å². The molecule has 1 aromatic carbocycles. The Bertz CT molecular complexity index is 310. The summed E-state index contributed by atoms with van der Waals surface area (Å²) >= 11 is 9.40. The highest BCUT2D eigenvalue weighted by molar-refractivity contribution is 9.10. The van der Waals surface area contributed by atoms with Crippen molar-refractivity contribution in [3.63, 3.8) is 0 Å². The average molecular weight is 264 g/mol. The van der Waals surface area contributed by atoms with Gasteiger partial charge in [-0.3, -0.25) is 0 Å². The van der Waals surface area contributed by atoms with Crippen molar-refractivity contribution in [1.29, 1.82) is 0 Å². The van der Waals surface area contributed by atoms with Crippen LogP contribution >= 0.6 is 27.5 Å². The van der Waals surface area contributed by atoms with Gasteiger partial charge in [-0.1, -0.05) is 11.6 Å². The second-order valence-corrected chi connectivity index (χ2v) is 4.38. The summed E-state index contributed by atoms with van der Waals surface area (Å²) in [5.74, 6) is 0.850. The van der Waals surface area contributed by atoms with Gasteiger partial charge in [-0.2, -0.15) is 0 Å². The molecule has 0 aromatic heterocycles. The molecule has 0 aliphatic heterocycles. The molecule has 0 heterocycles. The Labute approximate surface area is 92.2 Å². The summed E-state index contributed by atoms with van der Waals surface area (Å²) in [7, 11) is 0. The molecule has 0 spiro atoms. The van der Waals surface area contributed by atoms with E-state index in [4.69, 9.17) is 16.3 Å². The van der Waals surface area contributed by atoms with Crippen LogP contribution in [0.15, 0.2) is 16.6 Å². The first-order valence-corrected chi connectivity index (χ1v) is 5.30. The van der Waals surface area contributed by atoms with Crippen LogP contribution in [-0.4, -0.2) is 6.10 Å². The lowest BCUT2D eigenvalue weighted by atomic mass is 10.2. The molecule has 0 amide bonds. The molecule has 3 heteroatoms. The molecule has 1 aromatic rings. The number of hydrogen-bond acceptors (Lipinski definition) is 1. The third-order valence-electron chi connectivity index (χ3n) is 1.65. The van der Waals surface area contributed by atoms with Gasteiger partial charge in [0, 0.05) is 10.0 Å². The maximum Gasteiger partial charge on any atom is 0.124 e. The fraction of sp³-hybridized carbons (Fsp3) is 0.400. The van der Waals surface area contributed by atoms with Gasteiger partial charge in [0.2, 0.25) is 0 Å². The molecule has 13 heavy (non-hydrogen) atoms. The highest BCUT2D eigenvalue weighted by atomic mass is 79.9. The van der Waals surface area contributed by atoms with Gasteiger partial charge in [0.15, 0.2) is 0 Å². The van der Waals surface area contributed by atoms with E-state index < -0.39 is 0 Å². The van der Waals surface area contributed by atoms with E-state index in [9.17, 15) is 0 Å². The Morgan fingerprint density at radius 1 is 1.38 bits per heavy atom. The minimum atomic E-state index is 0.177. The van der Waals surface area contributed by atoms with Crippen LogP contribution in [0, 0.1) is 6.92 Å². The predicted molar refractivity (Wildman–Crippen MR) is 59.7 cm³/mol. The molecular formula is C10H12BrClO. The van der Waals surface area contributed by atoms with E-state index in [1.807, 2.05) is 32.9 Å². The van der Waals surface area contributed by atoms with Crippen LogP contribution in [0.5, 0.6) is 5.75 Å². The Balaban J connectivity index is 3.04. The van der Waals surface area contributed by atoms with Gasteiger partial charge in [-0.25, -0.2) is 0 Å². The number of benzene rings is 1. The molecule has 1 nitrogen and oxygen atoms in total. The lowest BCUT2D eigenvalue weighted by molar-refractivity contribution is 0.241. The largest absolute Gasteiger partial charge is 0.491 e. The monoisotopic (exact) mass is 262 g/mol. The maximum absolute atomic E-state index is 6.04. The first kappa shape index (κ1) is 10.9. The van der Waals surface area contributed by atoms with E-state index in [0.717, 1.165) is 20.8 Å². The lowest BCUT2D eigenvalue weighted by Gasteiger charge is -2.13. The zero-order valence-corrected chi connectivity index (χ0v) is 10.2. The summed E-state index contributed by atoms with van der Waals surface area (Å²) in [4.78, 5) is 0. The quantitative estimate of drug-likeness (QED) is 0.777. The molecule has 72 valence electrons. The molecule has 0 aliphatic carbocycles. The fourth-order valence-corrected chi connectivity index (χ4v) is 1.60. The lowest BCUT2D eigenvalue weighted by Crippen LogP contribution is -2.06. The standard InChI is InChI=1S/C10H12BrClO/c1-6(2)13-9-5-4-8(11)10(12)7(9)3/h4-6H,1-3H3. The Morgan fingerprint density at radius 2 is 2.00 bits per heavy atom. The van der Waals surface area contributed by atoms with Gasteiger partial charge in [0.1, 0.15) is 5.75 Å². The molecule has 0 saturated heterocycles. The topological polar surface area (TPSA) is 9.23 Å². The van der Waals surface area contributed by atoms with Crippen molar-refractivity contribution in [3.05, 3.63) is 27.2 Å². The molecule has 0 saturated carbocycles. The van der Waals surface area contributed by atoms with Gasteiger partial charge >= 0.3 is 0 Å². The smallest absolute Gasteiger partial charge is 0.124 e. The summed E-state index contributed by atoms with van der Waals surface area (Å²) in [6, 6.07) is 3.82. The van der Waals surface area contributed by atoms with Crippen LogP contribution in [0.2, 0.25) is 5.02 Å². The number of ether oxygens (including phenoxy) is 1. The average Bonchev–Trinajstić information content (AvgIpc) is 2.06.